The van der Waals surface area contributed by atoms with E-state index in [-0.39, 0.29) is 0 Å². The van der Waals surface area contributed by atoms with Crippen LogP contribution in [0, 0.1) is 0 Å². The van der Waals surface area contributed by atoms with Gasteiger partial charge in [-0.15, -0.1) is 0 Å². The summed E-state index contributed by atoms with van der Waals surface area (Å²) < 4.78 is 6.67. The fourth-order valence-corrected chi connectivity index (χ4v) is 4.16. The zero-order valence-electron chi connectivity index (χ0n) is 16.3. The first-order chi connectivity index (χ1) is 13.9. The lowest BCUT2D eigenvalue weighted by atomic mass is 9.97. The highest BCUT2D eigenvalue weighted by atomic mass is 16.7. The summed E-state index contributed by atoms with van der Waals surface area (Å²) >= 11 is 0. The zero-order chi connectivity index (χ0) is 20.7. The smallest absolute Gasteiger partial charge is 0.504 e. The molecule has 1 aliphatic rings. The molecule has 1 aromatic carbocycles. The van der Waals surface area contributed by atoms with E-state index in [1.54, 1.807) is 0 Å². The van der Waals surface area contributed by atoms with Crippen molar-refractivity contribution >= 4 is 17.1 Å². The third-order valence-corrected chi connectivity index (χ3v) is 5.55. The summed E-state index contributed by atoms with van der Waals surface area (Å²) in [7, 11) is 2.04. The molecule has 4 N–H and O–H groups in total. The molecule has 152 valence electrons. The Morgan fingerprint density at radius 2 is 2.07 bits per heavy atom. The Morgan fingerprint density at radius 3 is 2.79 bits per heavy atom. The van der Waals surface area contributed by atoms with E-state index >= 15 is 0 Å². The molecule has 0 saturated heterocycles. The number of rotatable bonds is 4. The first kappa shape index (κ1) is 19.1. The maximum Gasteiger partial charge on any atom is 0.511 e. The summed E-state index contributed by atoms with van der Waals surface area (Å²) in [6, 6.07) is 6.13. The molecular formula is C21H23N3O5. The van der Waals surface area contributed by atoms with Gasteiger partial charge in [-0.25, -0.2) is 4.79 Å². The van der Waals surface area contributed by atoms with E-state index in [0.29, 0.717) is 17.7 Å². The molecule has 0 saturated carbocycles. The Morgan fingerprint density at radius 1 is 1.31 bits per heavy atom. The number of hydrogen-bond acceptors (Lipinski definition) is 5. The van der Waals surface area contributed by atoms with E-state index in [1.807, 2.05) is 19.2 Å². The molecule has 3 aromatic rings. The van der Waals surface area contributed by atoms with Crippen LogP contribution in [0.3, 0.4) is 0 Å². The number of pyridine rings is 1. The molecule has 0 unspecified atom stereocenters. The van der Waals surface area contributed by atoms with Crippen LogP contribution in [-0.2, 0) is 26.4 Å². The van der Waals surface area contributed by atoms with E-state index in [4.69, 9.17) is 5.11 Å². The van der Waals surface area contributed by atoms with E-state index in [0.717, 1.165) is 48.0 Å². The maximum absolute atomic E-state index is 12.4. The van der Waals surface area contributed by atoms with E-state index in [1.165, 1.54) is 5.69 Å². The van der Waals surface area contributed by atoms with Crippen molar-refractivity contribution < 1.29 is 19.7 Å². The molecule has 0 atom stereocenters. The lowest BCUT2D eigenvalue weighted by Crippen LogP contribution is -2.17. The molecule has 2 heterocycles. The van der Waals surface area contributed by atoms with Crippen molar-refractivity contribution in [2.24, 2.45) is 7.05 Å². The third kappa shape index (κ3) is 3.15. The SMILES string of the molecule is CCNCc1cc2c3c(ccc2n1C)-c1[nH]c(=O)c(OC(=O)O)c(O)c1CCC3. The van der Waals surface area contributed by atoms with Gasteiger partial charge in [0.05, 0.1) is 5.69 Å². The Balaban J connectivity index is 1.92. The van der Waals surface area contributed by atoms with Gasteiger partial charge in [0.1, 0.15) is 0 Å². The number of carboxylic acid groups (broad SMARTS) is 1. The van der Waals surface area contributed by atoms with E-state index < -0.39 is 23.2 Å². The van der Waals surface area contributed by atoms with Gasteiger partial charge in [0.15, 0.2) is 5.75 Å². The predicted molar refractivity (Wildman–Crippen MR) is 109 cm³/mol. The molecular weight excluding hydrogens is 374 g/mol. The van der Waals surface area contributed by atoms with Crippen molar-refractivity contribution in [1.82, 2.24) is 14.9 Å². The Hall–Kier alpha value is -3.26. The number of carbonyl (C=O) groups is 1. The quantitative estimate of drug-likeness (QED) is 0.503. The van der Waals surface area contributed by atoms with Crippen LogP contribution in [-0.4, -0.2) is 32.5 Å². The fraction of sp³-hybridized carbons (Fsp3) is 0.333. The van der Waals surface area contributed by atoms with Gasteiger partial charge in [0.25, 0.3) is 5.56 Å². The Kier molecular flexibility index (Phi) is 4.79. The fourth-order valence-electron chi connectivity index (χ4n) is 4.16. The molecule has 0 bridgehead atoms. The normalized spacial score (nSPS) is 13.0. The van der Waals surface area contributed by atoms with Crippen LogP contribution < -0.4 is 15.6 Å². The van der Waals surface area contributed by atoms with Gasteiger partial charge in [-0.2, -0.15) is 0 Å². The standard InChI is InChI=1S/C21H23N3O5/c1-3-22-10-11-9-15-12-5-4-6-14-17(13(12)7-8-16(15)24(11)2)23-20(26)19(18(14)25)29-21(27)28/h7-9,22H,3-6,10H2,1-2H3,(H,27,28)(H2,23,25,26). The van der Waals surface area contributed by atoms with Gasteiger partial charge in [-0.3, -0.25) is 4.79 Å². The van der Waals surface area contributed by atoms with Crippen LogP contribution in [0.15, 0.2) is 23.0 Å². The van der Waals surface area contributed by atoms with Crippen molar-refractivity contribution in [3.63, 3.8) is 0 Å². The molecule has 4 rings (SSSR count). The minimum Gasteiger partial charge on any atom is -0.504 e. The summed E-state index contributed by atoms with van der Waals surface area (Å²) in [6.07, 6.45) is 0.394. The zero-order valence-corrected chi connectivity index (χ0v) is 16.3. The van der Waals surface area contributed by atoms with Gasteiger partial charge < -0.3 is 29.8 Å². The monoisotopic (exact) mass is 397 g/mol. The summed E-state index contributed by atoms with van der Waals surface area (Å²) in [6.45, 7) is 3.71. The molecule has 1 aliphatic carbocycles. The van der Waals surface area contributed by atoms with Crippen LogP contribution in [0.1, 0.15) is 30.2 Å². The number of benzene rings is 1. The summed E-state index contributed by atoms with van der Waals surface area (Å²) in [5.74, 6) is -0.978. The van der Waals surface area contributed by atoms with Crippen LogP contribution in [0.4, 0.5) is 4.79 Å². The van der Waals surface area contributed by atoms with E-state index in [9.17, 15) is 14.7 Å². The number of H-pyrrole nitrogens is 1. The topological polar surface area (TPSA) is 117 Å². The molecule has 0 spiro atoms. The number of ether oxygens (including phenoxy) is 1. The molecule has 29 heavy (non-hydrogen) atoms. The number of aromatic amines is 1. The number of nitrogens with one attached hydrogen (secondary N) is 2. The Labute approximate surface area is 166 Å². The third-order valence-electron chi connectivity index (χ3n) is 5.55. The lowest BCUT2D eigenvalue weighted by molar-refractivity contribution is 0.142. The molecule has 8 heteroatoms. The van der Waals surface area contributed by atoms with Crippen LogP contribution in [0.2, 0.25) is 0 Å². The average molecular weight is 397 g/mol. The van der Waals surface area contributed by atoms with Gasteiger partial charge in [-0.05, 0) is 43.5 Å². The van der Waals surface area contributed by atoms with Gasteiger partial charge >= 0.3 is 6.16 Å². The second-order valence-corrected chi connectivity index (χ2v) is 7.21. The number of aromatic hydroxyl groups is 1. The molecule has 2 aromatic heterocycles. The van der Waals surface area contributed by atoms with Gasteiger partial charge in [-0.1, -0.05) is 13.0 Å². The summed E-state index contributed by atoms with van der Waals surface area (Å²) in [4.78, 5) is 26.0. The second-order valence-electron chi connectivity index (χ2n) is 7.21. The van der Waals surface area contributed by atoms with Crippen molar-refractivity contribution in [3.8, 4) is 22.8 Å². The number of nitrogens with zero attached hydrogens (tertiary/aromatic N) is 1. The second kappa shape index (κ2) is 7.29. The van der Waals surface area contributed by atoms with Crippen molar-refractivity contribution in [2.75, 3.05) is 6.54 Å². The van der Waals surface area contributed by atoms with E-state index in [2.05, 4.69) is 32.6 Å². The molecule has 8 nitrogen and oxygen atoms in total. The Bertz CT molecular complexity index is 1180. The first-order valence-electron chi connectivity index (χ1n) is 9.62. The van der Waals surface area contributed by atoms with Gasteiger partial charge in [0, 0.05) is 41.3 Å². The maximum atomic E-state index is 12.4. The minimum absolute atomic E-state index is 0.403. The van der Waals surface area contributed by atoms with Crippen LogP contribution in [0.5, 0.6) is 11.5 Å². The minimum atomic E-state index is -1.64. The van der Waals surface area contributed by atoms with Crippen molar-refractivity contribution in [1.29, 1.82) is 0 Å². The van der Waals surface area contributed by atoms with Crippen LogP contribution >= 0.6 is 0 Å². The highest BCUT2D eigenvalue weighted by Gasteiger charge is 2.26. The largest absolute Gasteiger partial charge is 0.511 e. The molecule has 0 aliphatic heterocycles. The number of fused-ring (bicyclic) bond motifs is 5. The molecule has 0 amide bonds. The lowest BCUT2D eigenvalue weighted by Gasteiger charge is -2.13. The summed E-state index contributed by atoms with van der Waals surface area (Å²) in [5, 5.41) is 23.9. The van der Waals surface area contributed by atoms with Crippen molar-refractivity contribution in [3.05, 3.63) is 45.4 Å². The van der Waals surface area contributed by atoms with Gasteiger partial charge in [0.2, 0.25) is 5.75 Å². The summed E-state index contributed by atoms with van der Waals surface area (Å²) in [5.41, 5.74) is 4.50. The predicted octanol–water partition coefficient (Wildman–Crippen LogP) is 2.89. The number of hydrogen-bond donors (Lipinski definition) is 4. The van der Waals surface area contributed by atoms with Crippen molar-refractivity contribution in [2.45, 2.75) is 32.7 Å². The average Bonchev–Trinajstić information content (AvgIpc) is 2.88. The van der Waals surface area contributed by atoms with Crippen LogP contribution in [0.25, 0.3) is 22.2 Å². The number of aromatic nitrogens is 2. The highest BCUT2D eigenvalue weighted by Crippen LogP contribution is 2.40. The number of aryl methyl sites for hydroxylation is 2. The highest BCUT2D eigenvalue weighted by molar-refractivity contribution is 5.92. The first-order valence-corrected chi connectivity index (χ1v) is 9.62. The molecule has 0 radical (unpaired) electrons. The molecule has 0 fully saturated rings.